The molecule has 3 aromatic rings. The van der Waals surface area contributed by atoms with Crippen molar-refractivity contribution in [1.82, 2.24) is 10.2 Å². The molecule has 0 atom stereocenters. The average Bonchev–Trinajstić information content (AvgIpc) is 2.97. The van der Waals surface area contributed by atoms with Gasteiger partial charge in [-0.1, -0.05) is 30.3 Å². The molecular weight excluding hydrogens is 262 g/mol. The summed E-state index contributed by atoms with van der Waals surface area (Å²) in [6.07, 6.45) is 0.646. The quantitative estimate of drug-likeness (QED) is 0.734. The SMILES string of the molecule is CN(C)c1ccc(Cc2nnc(-c3ccccc3)o2)cc1. The highest BCUT2D eigenvalue weighted by Gasteiger charge is 2.08. The minimum atomic E-state index is 0.565. The number of anilines is 1. The second-order valence-electron chi connectivity index (χ2n) is 5.10. The number of hydrogen-bond acceptors (Lipinski definition) is 4. The van der Waals surface area contributed by atoms with E-state index in [0.717, 1.165) is 11.1 Å². The summed E-state index contributed by atoms with van der Waals surface area (Å²) in [5.74, 6) is 1.20. The summed E-state index contributed by atoms with van der Waals surface area (Å²) in [6.45, 7) is 0. The van der Waals surface area contributed by atoms with Crippen molar-refractivity contribution in [2.45, 2.75) is 6.42 Å². The van der Waals surface area contributed by atoms with Crippen molar-refractivity contribution in [3.63, 3.8) is 0 Å². The van der Waals surface area contributed by atoms with Gasteiger partial charge in [-0.15, -0.1) is 10.2 Å². The topological polar surface area (TPSA) is 42.2 Å². The Bertz CT molecular complexity index is 702. The fourth-order valence-corrected chi connectivity index (χ4v) is 2.11. The van der Waals surface area contributed by atoms with Crippen LogP contribution in [0.4, 0.5) is 5.69 Å². The first-order valence-electron chi connectivity index (χ1n) is 6.86. The van der Waals surface area contributed by atoms with E-state index in [4.69, 9.17) is 4.42 Å². The summed E-state index contributed by atoms with van der Waals surface area (Å²) in [4.78, 5) is 2.07. The second kappa shape index (κ2) is 5.79. The molecule has 0 aliphatic carbocycles. The molecule has 3 rings (SSSR count). The molecule has 0 saturated heterocycles. The monoisotopic (exact) mass is 279 g/mol. The Morgan fingerprint density at radius 1 is 0.905 bits per heavy atom. The highest BCUT2D eigenvalue weighted by atomic mass is 16.4. The lowest BCUT2D eigenvalue weighted by Gasteiger charge is -2.12. The van der Waals surface area contributed by atoms with Gasteiger partial charge in [-0.3, -0.25) is 0 Å². The molecule has 0 unspecified atom stereocenters. The third-order valence-electron chi connectivity index (χ3n) is 3.30. The molecule has 0 spiro atoms. The lowest BCUT2D eigenvalue weighted by atomic mass is 10.1. The zero-order chi connectivity index (χ0) is 14.7. The van der Waals surface area contributed by atoms with E-state index < -0.39 is 0 Å². The Morgan fingerprint density at radius 3 is 2.29 bits per heavy atom. The Kier molecular flexibility index (Phi) is 3.69. The number of benzene rings is 2. The van der Waals surface area contributed by atoms with Crippen LogP contribution in [0.2, 0.25) is 0 Å². The van der Waals surface area contributed by atoms with E-state index >= 15 is 0 Å². The van der Waals surface area contributed by atoms with Gasteiger partial charge in [0.1, 0.15) is 0 Å². The van der Waals surface area contributed by atoms with Crippen LogP contribution in [0.25, 0.3) is 11.5 Å². The highest BCUT2D eigenvalue weighted by Crippen LogP contribution is 2.19. The molecule has 1 aromatic heterocycles. The van der Waals surface area contributed by atoms with E-state index in [0.29, 0.717) is 18.2 Å². The van der Waals surface area contributed by atoms with Crippen LogP contribution in [0.5, 0.6) is 0 Å². The highest BCUT2D eigenvalue weighted by molar-refractivity contribution is 5.52. The zero-order valence-electron chi connectivity index (χ0n) is 12.2. The number of hydrogen-bond donors (Lipinski definition) is 0. The van der Waals surface area contributed by atoms with Crippen LogP contribution in [-0.4, -0.2) is 24.3 Å². The predicted octanol–water partition coefficient (Wildman–Crippen LogP) is 3.39. The van der Waals surface area contributed by atoms with Crippen molar-refractivity contribution in [1.29, 1.82) is 0 Å². The minimum Gasteiger partial charge on any atom is -0.420 e. The molecule has 106 valence electrons. The average molecular weight is 279 g/mol. The first-order valence-corrected chi connectivity index (χ1v) is 6.86. The van der Waals surface area contributed by atoms with Gasteiger partial charge in [0.2, 0.25) is 11.8 Å². The molecule has 0 aliphatic rings. The summed E-state index contributed by atoms with van der Waals surface area (Å²) in [7, 11) is 4.05. The van der Waals surface area contributed by atoms with E-state index in [1.807, 2.05) is 44.4 Å². The first-order chi connectivity index (χ1) is 10.2. The summed E-state index contributed by atoms with van der Waals surface area (Å²) < 4.78 is 5.72. The molecular formula is C17H17N3O. The van der Waals surface area contributed by atoms with Crippen molar-refractivity contribution in [2.75, 3.05) is 19.0 Å². The standard InChI is InChI=1S/C17H17N3O/c1-20(2)15-10-8-13(9-11-15)12-16-18-19-17(21-16)14-6-4-3-5-7-14/h3-11H,12H2,1-2H3. The van der Waals surface area contributed by atoms with Crippen LogP contribution >= 0.6 is 0 Å². The van der Waals surface area contributed by atoms with Crippen LogP contribution in [0.3, 0.4) is 0 Å². The largest absolute Gasteiger partial charge is 0.420 e. The number of aromatic nitrogens is 2. The van der Waals surface area contributed by atoms with Crippen molar-refractivity contribution in [3.05, 3.63) is 66.1 Å². The molecule has 4 heteroatoms. The maximum Gasteiger partial charge on any atom is 0.247 e. The lowest BCUT2D eigenvalue weighted by molar-refractivity contribution is 0.518. The van der Waals surface area contributed by atoms with E-state index in [1.54, 1.807) is 0 Å². The van der Waals surface area contributed by atoms with Crippen molar-refractivity contribution < 1.29 is 4.42 Å². The number of rotatable bonds is 4. The molecule has 2 aromatic carbocycles. The van der Waals surface area contributed by atoms with E-state index in [9.17, 15) is 0 Å². The maximum absolute atomic E-state index is 5.72. The molecule has 0 radical (unpaired) electrons. The fraction of sp³-hybridized carbons (Fsp3) is 0.176. The van der Waals surface area contributed by atoms with Crippen LogP contribution in [0.15, 0.2) is 59.0 Å². The van der Waals surface area contributed by atoms with E-state index in [-0.39, 0.29) is 0 Å². The molecule has 0 N–H and O–H groups in total. The second-order valence-corrected chi connectivity index (χ2v) is 5.10. The van der Waals surface area contributed by atoms with Gasteiger partial charge >= 0.3 is 0 Å². The molecule has 4 nitrogen and oxygen atoms in total. The van der Waals surface area contributed by atoms with Crippen LogP contribution in [-0.2, 0) is 6.42 Å². The van der Waals surface area contributed by atoms with Crippen molar-refractivity contribution in [3.8, 4) is 11.5 Å². The summed E-state index contributed by atoms with van der Waals surface area (Å²) >= 11 is 0. The molecule has 1 heterocycles. The molecule has 0 aliphatic heterocycles. The summed E-state index contributed by atoms with van der Waals surface area (Å²) in [5, 5.41) is 8.22. The van der Waals surface area contributed by atoms with Gasteiger partial charge in [0, 0.05) is 25.3 Å². The van der Waals surface area contributed by atoms with Crippen molar-refractivity contribution >= 4 is 5.69 Å². The van der Waals surface area contributed by atoms with Crippen LogP contribution in [0, 0.1) is 0 Å². The van der Waals surface area contributed by atoms with Crippen LogP contribution in [0.1, 0.15) is 11.5 Å². The van der Waals surface area contributed by atoms with Gasteiger partial charge in [0.25, 0.3) is 0 Å². The predicted molar refractivity (Wildman–Crippen MR) is 83.3 cm³/mol. The summed E-state index contributed by atoms with van der Waals surface area (Å²) in [5.41, 5.74) is 3.28. The normalized spacial score (nSPS) is 10.6. The third-order valence-corrected chi connectivity index (χ3v) is 3.30. The van der Waals surface area contributed by atoms with Gasteiger partial charge in [-0.25, -0.2) is 0 Å². The first kappa shape index (κ1) is 13.4. The van der Waals surface area contributed by atoms with Gasteiger partial charge in [-0.2, -0.15) is 0 Å². The van der Waals surface area contributed by atoms with Crippen LogP contribution < -0.4 is 4.90 Å². The van der Waals surface area contributed by atoms with E-state index in [2.05, 4.69) is 39.4 Å². The molecule has 0 saturated carbocycles. The van der Waals surface area contributed by atoms with Gasteiger partial charge in [0.15, 0.2) is 0 Å². The zero-order valence-corrected chi connectivity index (χ0v) is 12.2. The van der Waals surface area contributed by atoms with Gasteiger partial charge in [-0.05, 0) is 29.8 Å². The Morgan fingerprint density at radius 2 is 1.62 bits per heavy atom. The third kappa shape index (κ3) is 3.11. The van der Waals surface area contributed by atoms with Gasteiger partial charge in [0.05, 0.1) is 6.42 Å². The fourth-order valence-electron chi connectivity index (χ4n) is 2.11. The Hall–Kier alpha value is -2.62. The lowest BCUT2D eigenvalue weighted by Crippen LogP contribution is -2.08. The van der Waals surface area contributed by atoms with E-state index in [1.165, 1.54) is 5.69 Å². The molecule has 0 fully saturated rings. The molecule has 0 bridgehead atoms. The smallest absolute Gasteiger partial charge is 0.247 e. The Labute approximate surface area is 124 Å². The molecule has 0 amide bonds. The number of nitrogens with zero attached hydrogens (tertiary/aromatic N) is 3. The Balaban J connectivity index is 1.75. The van der Waals surface area contributed by atoms with Crippen molar-refractivity contribution in [2.24, 2.45) is 0 Å². The minimum absolute atomic E-state index is 0.565. The van der Waals surface area contributed by atoms with Gasteiger partial charge < -0.3 is 9.32 Å². The summed E-state index contributed by atoms with van der Waals surface area (Å²) in [6, 6.07) is 18.1. The molecule has 21 heavy (non-hydrogen) atoms. The maximum atomic E-state index is 5.72.